The van der Waals surface area contributed by atoms with E-state index in [4.69, 9.17) is 87.8 Å². The number of esters is 6. The average molecular weight is 1080 g/mol. The average Bonchev–Trinajstić information content (AvgIpc) is 3.36. The molecule has 0 fully saturated rings. The Bertz CT molecular complexity index is 2950. The van der Waals surface area contributed by atoms with Crippen LogP contribution in [0.3, 0.4) is 0 Å². The molecule has 0 heterocycles. The van der Waals surface area contributed by atoms with E-state index in [-0.39, 0.29) is 24.1 Å². The van der Waals surface area contributed by atoms with Crippen molar-refractivity contribution >= 4 is 104 Å². The van der Waals surface area contributed by atoms with Crippen LogP contribution in [-0.4, -0.2) is 75.5 Å². The number of hydrogen-bond donors (Lipinski definition) is 12. The summed E-state index contributed by atoms with van der Waals surface area (Å²) in [4.78, 5) is 67.2. The van der Waals surface area contributed by atoms with Gasteiger partial charge < -0.3 is 97.2 Å². The Kier molecular flexibility index (Phi) is 27.7. The molecular formula is C54H72N12O12. The summed E-state index contributed by atoms with van der Waals surface area (Å²) in [6.07, 6.45) is -0.291. The zero-order valence-electron chi connectivity index (χ0n) is 44.8. The van der Waals surface area contributed by atoms with E-state index in [9.17, 15) is 28.8 Å². The van der Waals surface area contributed by atoms with Crippen molar-refractivity contribution in [1.82, 2.24) is 0 Å². The van der Waals surface area contributed by atoms with Crippen molar-refractivity contribution in [3.05, 3.63) is 143 Å². The Morgan fingerprint density at radius 3 is 0.987 bits per heavy atom. The first kappa shape index (κ1) is 65.8. The molecule has 6 rings (SSSR count). The Morgan fingerprint density at radius 1 is 0.333 bits per heavy atom. The summed E-state index contributed by atoms with van der Waals surface area (Å²) in [5.74, 6) is -2.43. The largest absolute Gasteiger partial charge is 0.465 e. The maximum atomic E-state index is 11.4. The molecule has 0 amide bonds. The number of carbonyl (C=O) groups excluding carboxylic acids is 6. The van der Waals surface area contributed by atoms with E-state index < -0.39 is 23.9 Å². The van der Waals surface area contributed by atoms with Crippen LogP contribution in [0, 0.1) is 0 Å². The van der Waals surface area contributed by atoms with Gasteiger partial charge >= 0.3 is 35.8 Å². The number of nitrogens with two attached hydrogens (primary N) is 12. The summed E-state index contributed by atoms with van der Waals surface area (Å²) in [7, 11) is 2.62. The molecule has 0 unspecified atom stereocenters. The minimum Gasteiger partial charge on any atom is -0.465 e. The fourth-order valence-corrected chi connectivity index (χ4v) is 5.69. The van der Waals surface area contributed by atoms with Crippen LogP contribution in [-0.2, 0) is 28.4 Å². The SMILES string of the molecule is CC(C)OC(=O)c1ccc(N)c(N)c1.CC(C)OC(=O)c1ccc(N)cc1N.CCOC(=O)c1cc(N)cc(N)c1.CCOC(=O)c1ccc(N)c(N)c1.COC(=O)c1cc(N)cc(N)c1.COC(=O)c1ccc(N)c(N)c1. The molecule has 0 bridgehead atoms. The minimum absolute atomic E-state index is 0.138. The Hall–Kier alpha value is -10.3. The molecule has 0 atom stereocenters. The van der Waals surface area contributed by atoms with Gasteiger partial charge in [-0.3, -0.25) is 0 Å². The van der Waals surface area contributed by atoms with E-state index in [1.807, 2.05) is 0 Å². The molecule has 0 saturated carbocycles. The smallest absolute Gasteiger partial charge is 0.340 e. The monoisotopic (exact) mass is 1080 g/mol. The lowest BCUT2D eigenvalue weighted by atomic mass is 10.1. The lowest BCUT2D eigenvalue weighted by molar-refractivity contribution is 0.0368. The van der Waals surface area contributed by atoms with Crippen LogP contribution < -0.4 is 68.8 Å². The highest BCUT2D eigenvalue weighted by molar-refractivity contribution is 5.96. The molecule has 0 aliphatic heterocycles. The first-order chi connectivity index (χ1) is 36.6. The predicted octanol–water partition coefficient (Wildman–Crippen LogP) is 6.16. The molecule has 24 nitrogen and oxygen atoms in total. The van der Waals surface area contributed by atoms with Crippen molar-refractivity contribution < 1.29 is 57.2 Å². The number of hydrogen-bond acceptors (Lipinski definition) is 24. The van der Waals surface area contributed by atoms with Crippen molar-refractivity contribution in [3.63, 3.8) is 0 Å². The lowest BCUT2D eigenvalue weighted by Crippen LogP contribution is -2.13. The van der Waals surface area contributed by atoms with Crippen LogP contribution in [0.25, 0.3) is 0 Å². The summed E-state index contributed by atoms with van der Waals surface area (Å²) in [5.41, 5.74) is 73.7. The first-order valence-electron chi connectivity index (χ1n) is 23.4. The van der Waals surface area contributed by atoms with Crippen molar-refractivity contribution in [3.8, 4) is 0 Å². The third kappa shape index (κ3) is 23.7. The summed E-state index contributed by atoms with van der Waals surface area (Å²) in [6.45, 7) is 11.3. The fraction of sp³-hybridized carbons (Fsp3) is 0.222. The van der Waals surface area contributed by atoms with E-state index in [0.29, 0.717) is 115 Å². The van der Waals surface area contributed by atoms with Gasteiger partial charge in [-0.05, 0) is 151 Å². The van der Waals surface area contributed by atoms with Gasteiger partial charge in [-0.15, -0.1) is 0 Å². The Labute approximate surface area is 452 Å². The first-order valence-corrected chi connectivity index (χ1v) is 23.4. The van der Waals surface area contributed by atoms with E-state index >= 15 is 0 Å². The fourth-order valence-electron chi connectivity index (χ4n) is 5.69. The molecular weight excluding hydrogens is 1010 g/mol. The van der Waals surface area contributed by atoms with Crippen LogP contribution >= 0.6 is 0 Å². The summed E-state index contributed by atoms with van der Waals surface area (Å²) in [6, 6.07) is 28.0. The van der Waals surface area contributed by atoms with E-state index in [1.165, 1.54) is 62.8 Å². The van der Waals surface area contributed by atoms with Gasteiger partial charge in [0.15, 0.2) is 0 Å². The van der Waals surface area contributed by atoms with E-state index in [2.05, 4.69) is 9.47 Å². The van der Waals surface area contributed by atoms with Gasteiger partial charge in [-0.25, -0.2) is 28.8 Å². The minimum atomic E-state index is -0.436. The third-order valence-electron chi connectivity index (χ3n) is 9.30. The summed E-state index contributed by atoms with van der Waals surface area (Å²) in [5, 5.41) is 0. The van der Waals surface area contributed by atoms with Gasteiger partial charge in [-0.2, -0.15) is 0 Å². The highest BCUT2D eigenvalue weighted by Gasteiger charge is 2.14. The Morgan fingerprint density at radius 2 is 0.654 bits per heavy atom. The number of carbonyl (C=O) groups is 6. The van der Waals surface area contributed by atoms with Gasteiger partial charge in [0.05, 0.1) is 107 Å². The molecule has 0 radical (unpaired) electrons. The second-order valence-corrected chi connectivity index (χ2v) is 16.5. The normalized spacial score (nSPS) is 9.77. The number of rotatable bonds is 10. The zero-order valence-corrected chi connectivity index (χ0v) is 44.8. The molecule has 6 aromatic rings. The number of nitrogen functional groups attached to an aromatic ring is 12. The highest BCUT2D eigenvalue weighted by Crippen LogP contribution is 2.21. The van der Waals surface area contributed by atoms with E-state index in [0.717, 1.165) is 0 Å². The quantitative estimate of drug-likeness (QED) is 0.0415. The molecule has 6 aromatic carbocycles. The molecule has 0 aliphatic rings. The maximum Gasteiger partial charge on any atom is 0.340 e. The lowest BCUT2D eigenvalue weighted by Gasteiger charge is -2.09. The van der Waals surface area contributed by atoms with Crippen LogP contribution in [0.2, 0.25) is 0 Å². The highest BCUT2D eigenvalue weighted by atomic mass is 16.6. The number of methoxy groups -OCH3 is 2. The van der Waals surface area contributed by atoms with Gasteiger partial charge in [0.25, 0.3) is 0 Å². The zero-order chi connectivity index (χ0) is 59.4. The number of ether oxygens (including phenoxy) is 6. The molecule has 0 aliphatic carbocycles. The third-order valence-corrected chi connectivity index (χ3v) is 9.30. The molecule has 24 N–H and O–H groups in total. The van der Waals surface area contributed by atoms with Crippen LogP contribution in [0.15, 0.2) is 109 Å². The van der Waals surface area contributed by atoms with E-state index in [1.54, 1.807) is 102 Å². The number of anilines is 12. The molecule has 78 heavy (non-hydrogen) atoms. The second kappa shape index (κ2) is 32.8. The molecule has 0 saturated heterocycles. The molecule has 0 aromatic heterocycles. The van der Waals surface area contributed by atoms with Crippen molar-refractivity contribution in [2.24, 2.45) is 0 Å². The molecule has 420 valence electrons. The van der Waals surface area contributed by atoms with Gasteiger partial charge in [0, 0.05) is 34.1 Å². The topological polar surface area (TPSA) is 470 Å². The molecule has 24 heteroatoms. The Balaban J connectivity index is 0.000000468. The number of benzene rings is 6. The van der Waals surface area contributed by atoms with Crippen molar-refractivity contribution in [2.75, 3.05) is 96.2 Å². The van der Waals surface area contributed by atoms with Crippen LogP contribution in [0.5, 0.6) is 0 Å². The standard InChI is InChI=1S/2C10H14N2O2.2C9H12N2O2.2C8H10N2O2/c1-6(2)14-10(13)8-4-3-7(11)5-9(8)12;1-6(2)14-10(13)7-3-4-8(11)9(12)5-7;1-2-13-9(12)6-3-7(10)5-8(11)4-6;1-2-13-9(12)6-3-4-7(10)8(11)5-6;1-12-8(11)5-2-6(9)4-7(10)3-5;1-12-8(11)5-2-3-6(9)7(10)4-5/h2*3-6H,11-12H2,1-2H3;2*3-5H,2,10-11H2,1H3;2*2-4H,9-10H2,1H3. The predicted molar refractivity (Wildman–Crippen MR) is 307 cm³/mol. The van der Waals surface area contributed by atoms with Gasteiger partial charge in [-0.1, -0.05) is 0 Å². The summed E-state index contributed by atoms with van der Waals surface area (Å²) >= 11 is 0. The summed E-state index contributed by atoms with van der Waals surface area (Å²) < 4.78 is 28.6. The van der Waals surface area contributed by atoms with Crippen LogP contribution in [0.4, 0.5) is 68.2 Å². The van der Waals surface area contributed by atoms with Crippen molar-refractivity contribution in [1.29, 1.82) is 0 Å². The maximum absolute atomic E-state index is 11.4. The van der Waals surface area contributed by atoms with Crippen molar-refractivity contribution in [2.45, 2.75) is 53.8 Å². The molecule has 0 spiro atoms. The van der Waals surface area contributed by atoms with Crippen LogP contribution in [0.1, 0.15) is 104 Å². The van der Waals surface area contributed by atoms with Gasteiger partial charge in [0.1, 0.15) is 0 Å². The van der Waals surface area contributed by atoms with Gasteiger partial charge in [0.2, 0.25) is 0 Å². The second-order valence-electron chi connectivity index (χ2n) is 16.5.